The maximum Gasteiger partial charge on any atom is 0.162 e. The van der Waals surface area contributed by atoms with Gasteiger partial charge in [-0.1, -0.05) is 31.9 Å². The van der Waals surface area contributed by atoms with E-state index in [1.54, 1.807) is 0 Å². The Morgan fingerprint density at radius 2 is 1.50 bits per heavy atom. The van der Waals surface area contributed by atoms with Crippen molar-refractivity contribution in [2.75, 3.05) is 0 Å². The first-order chi connectivity index (χ1) is 11.4. The molecule has 0 heterocycles. The summed E-state index contributed by atoms with van der Waals surface area (Å²) in [5, 5.41) is 0. The second-order valence-electron chi connectivity index (χ2n) is 7.86. The summed E-state index contributed by atoms with van der Waals surface area (Å²) in [5.74, 6) is -2.22. The fourth-order valence-electron chi connectivity index (χ4n) is 4.63. The Morgan fingerprint density at radius 3 is 2.17 bits per heavy atom. The normalized spacial score (nSPS) is 37.4. The van der Waals surface area contributed by atoms with Gasteiger partial charge in [-0.2, -0.15) is 0 Å². The molecular formula is C20H26F4. The Morgan fingerprint density at radius 1 is 0.833 bits per heavy atom. The Labute approximate surface area is 141 Å². The highest BCUT2D eigenvalue weighted by molar-refractivity contribution is 5.30. The molecule has 0 amide bonds. The monoisotopic (exact) mass is 342 g/mol. The number of hydrogen-bond donors (Lipinski definition) is 0. The van der Waals surface area contributed by atoms with Crippen LogP contribution in [0.2, 0.25) is 0 Å². The Kier molecular flexibility index (Phi) is 5.22. The lowest BCUT2D eigenvalue weighted by atomic mass is 9.67. The minimum Gasteiger partial charge on any atom is -0.244 e. The molecule has 0 saturated heterocycles. The van der Waals surface area contributed by atoms with Gasteiger partial charge in [0.15, 0.2) is 11.6 Å². The van der Waals surface area contributed by atoms with E-state index in [1.165, 1.54) is 19.1 Å². The highest BCUT2D eigenvalue weighted by atomic mass is 19.2. The van der Waals surface area contributed by atoms with E-state index in [-0.39, 0.29) is 23.0 Å². The zero-order valence-corrected chi connectivity index (χ0v) is 14.4. The minimum absolute atomic E-state index is 0.0102. The van der Waals surface area contributed by atoms with Gasteiger partial charge in [-0.25, -0.2) is 17.6 Å². The van der Waals surface area contributed by atoms with Gasteiger partial charge >= 0.3 is 0 Å². The van der Waals surface area contributed by atoms with Crippen LogP contribution in [0.15, 0.2) is 12.1 Å². The topological polar surface area (TPSA) is 0 Å². The average Bonchev–Trinajstić information content (AvgIpc) is 2.57. The second-order valence-corrected chi connectivity index (χ2v) is 7.86. The van der Waals surface area contributed by atoms with Crippen molar-refractivity contribution < 1.29 is 17.6 Å². The molecule has 134 valence electrons. The van der Waals surface area contributed by atoms with E-state index in [2.05, 4.69) is 6.92 Å². The van der Waals surface area contributed by atoms with Crippen LogP contribution in [-0.4, -0.2) is 12.3 Å². The summed E-state index contributed by atoms with van der Waals surface area (Å²) in [6.07, 6.45) is 1.68. The van der Waals surface area contributed by atoms with E-state index in [4.69, 9.17) is 0 Å². The Balaban J connectivity index is 1.75. The molecule has 0 radical (unpaired) electrons. The van der Waals surface area contributed by atoms with Gasteiger partial charge < -0.3 is 0 Å². The number of aryl methyl sites for hydroxylation is 1. The van der Waals surface area contributed by atoms with Crippen molar-refractivity contribution in [3.8, 4) is 0 Å². The van der Waals surface area contributed by atoms with Gasteiger partial charge in [-0.15, -0.1) is 0 Å². The summed E-state index contributed by atoms with van der Waals surface area (Å²) >= 11 is 0. The molecule has 0 bridgehead atoms. The first kappa shape index (κ1) is 17.8. The van der Waals surface area contributed by atoms with Gasteiger partial charge in [0.1, 0.15) is 12.3 Å². The lowest BCUT2D eigenvalue weighted by Gasteiger charge is -2.41. The summed E-state index contributed by atoms with van der Waals surface area (Å²) < 4.78 is 57.5. The molecule has 4 heteroatoms. The van der Waals surface area contributed by atoms with E-state index in [1.807, 2.05) is 0 Å². The highest BCUT2D eigenvalue weighted by Crippen LogP contribution is 2.47. The quantitative estimate of drug-likeness (QED) is 0.556. The van der Waals surface area contributed by atoms with Gasteiger partial charge in [0.2, 0.25) is 0 Å². The molecule has 0 aliphatic heterocycles. The third-order valence-corrected chi connectivity index (χ3v) is 6.28. The second kappa shape index (κ2) is 7.05. The average molecular weight is 342 g/mol. The Hall–Kier alpha value is -1.06. The lowest BCUT2D eigenvalue weighted by molar-refractivity contribution is 0.00879. The number of rotatable bonds is 2. The van der Waals surface area contributed by atoms with Crippen LogP contribution in [0, 0.1) is 36.3 Å². The van der Waals surface area contributed by atoms with Crippen LogP contribution < -0.4 is 0 Å². The molecule has 2 fully saturated rings. The third kappa shape index (κ3) is 3.21. The molecule has 0 N–H and O–H groups in total. The molecule has 4 unspecified atom stereocenters. The van der Waals surface area contributed by atoms with Crippen molar-refractivity contribution in [2.45, 2.75) is 70.6 Å². The van der Waals surface area contributed by atoms with Crippen LogP contribution in [0.25, 0.3) is 0 Å². The van der Waals surface area contributed by atoms with E-state index in [0.717, 1.165) is 25.7 Å². The first-order valence-electron chi connectivity index (χ1n) is 9.12. The first-order valence-corrected chi connectivity index (χ1v) is 9.12. The molecule has 0 aromatic heterocycles. The van der Waals surface area contributed by atoms with E-state index in [0.29, 0.717) is 18.8 Å². The third-order valence-electron chi connectivity index (χ3n) is 6.28. The number of hydrogen-bond acceptors (Lipinski definition) is 0. The van der Waals surface area contributed by atoms with Crippen molar-refractivity contribution >= 4 is 0 Å². The predicted octanol–water partition coefficient (Wildman–Crippen LogP) is 6.27. The fraction of sp³-hybridized carbons (Fsp3) is 0.700. The molecule has 1 aromatic carbocycles. The van der Waals surface area contributed by atoms with Gasteiger partial charge in [-0.05, 0) is 61.5 Å². The molecule has 0 spiro atoms. The van der Waals surface area contributed by atoms with Gasteiger partial charge in [0.25, 0.3) is 0 Å². The maximum absolute atomic E-state index is 14.8. The molecule has 2 aliphatic rings. The van der Waals surface area contributed by atoms with Crippen molar-refractivity contribution in [3.63, 3.8) is 0 Å². The molecule has 0 nitrogen and oxygen atoms in total. The molecular weight excluding hydrogens is 316 g/mol. The van der Waals surface area contributed by atoms with Crippen molar-refractivity contribution in [3.05, 3.63) is 34.9 Å². The Bertz CT molecular complexity index is 577. The summed E-state index contributed by atoms with van der Waals surface area (Å²) in [4.78, 5) is 0. The van der Waals surface area contributed by atoms with Gasteiger partial charge in [0, 0.05) is 5.92 Å². The van der Waals surface area contributed by atoms with E-state index >= 15 is 0 Å². The molecule has 4 atom stereocenters. The highest BCUT2D eigenvalue weighted by Gasteiger charge is 2.45. The lowest BCUT2D eigenvalue weighted by Crippen LogP contribution is -2.41. The van der Waals surface area contributed by atoms with Crippen LogP contribution in [0.5, 0.6) is 0 Å². The zero-order valence-electron chi connectivity index (χ0n) is 14.4. The van der Waals surface area contributed by atoms with Crippen molar-refractivity contribution in [2.24, 2.45) is 17.8 Å². The smallest absolute Gasteiger partial charge is 0.162 e. The standard InChI is InChI=1S/C20H26F4/c1-11-3-6-13(7-4-11)14-9-10-16(20(24)18(14)22)15-8-5-12(2)17(21)19(15)23/h5,8,11,13-14,16,18,20H,3-4,6-7,9-10H2,1-2H3. The predicted molar refractivity (Wildman–Crippen MR) is 87.5 cm³/mol. The molecule has 2 saturated carbocycles. The van der Waals surface area contributed by atoms with Crippen LogP contribution in [0.3, 0.4) is 0 Å². The number of alkyl halides is 2. The van der Waals surface area contributed by atoms with E-state index < -0.39 is 29.9 Å². The van der Waals surface area contributed by atoms with Gasteiger partial charge in [0.05, 0.1) is 0 Å². The van der Waals surface area contributed by atoms with Crippen LogP contribution in [0.1, 0.15) is 62.5 Å². The molecule has 2 aliphatic carbocycles. The molecule has 24 heavy (non-hydrogen) atoms. The fourth-order valence-corrected chi connectivity index (χ4v) is 4.63. The van der Waals surface area contributed by atoms with Crippen LogP contribution >= 0.6 is 0 Å². The zero-order chi connectivity index (χ0) is 17.4. The largest absolute Gasteiger partial charge is 0.244 e. The maximum atomic E-state index is 14.8. The summed E-state index contributed by atoms with van der Waals surface area (Å²) in [6, 6.07) is 2.86. The van der Waals surface area contributed by atoms with Crippen LogP contribution in [-0.2, 0) is 0 Å². The van der Waals surface area contributed by atoms with Crippen LogP contribution in [0.4, 0.5) is 17.6 Å². The van der Waals surface area contributed by atoms with Crippen molar-refractivity contribution in [1.29, 1.82) is 0 Å². The summed E-state index contributed by atoms with van der Waals surface area (Å²) in [7, 11) is 0. The molecule has 1 aromatic rings. The molecule has 3 rings (SSSR count). The number of halogens is 4. The minimum atomic E-state index is -1.75. The van der Waals surface area contributed by atoms with Crippen molar-refractivity contribution in [1.82, 2.24) is 0 Å². The number of benzene rings is 1. The summed E-state index contributed by atoms with van der Waals surface area (Å²) in [6.45, 7) is 3.67. The SMILES string of the molecule is Cc1ccc(C2CCC(C3CCC(C)CC3)C(F)C2F)c(F)c1F. The van der Waals surface area contributed by atoms with E-state index in [9.17, 15) is 17.6 Å². The van der Waals surface area contributed by atoms with Gasteiger partial charge in [-0.3, -0.25) is 0 Å². The summed E-state index contributed by atoms with van der Waals surface area (Å²) in [5.41, 5.74) is 0.178.